The number of carboxylic acid groups (broad SMARTS) is 1. The topological polar surface area (TPSA) is 79.6 Å². The van der Waals surface area contributed by atoms with E-state index in [1.54, 1.807) is 4.90 Å². The minimum atomic E-state index is -0.813. The summed E-state index contributed by atoms with van der Waals surface area (Å²) in [6, 6.07) is 20.7. The Labute approximate surface area is 196 Å². The number of nitrogens with zero attached hydrogens (tertiary/aromatic N) is 3. The van der Waals surface area contributed by atoms with Crippen molar-refractivity contribution < 1.29 is 9.90 Å². The number of anilines is 1. The Hall–Kier alpha value is -3.04. The number of nitrogens with one attached hydrogen (secondary N) is 1. The fourth-order valence-electron chi connectivity index (χ4n) is 5.37. The zero-order valence-electron chi connectivity index (χ0n) is 19.2. The molecule has 1 saturated heterocycles. The van der Waals surface area contributed by atoms with Gasteiger partial charge in [0.05, 0.1) is 17.7 Å². The second-order valence-electron chi connectivity index (χ2n) is 9.28. The van der Waals surface area contributed by atoms with E-state index in [9.17, 15) is 9.90 Å². The van der Waals surface area contributed by atoms with Crippen LogP contribution in [-0.4, -0.2) is 53.9 Å². The summed E-state index contributed by atoms with van der Waals surface area (Å²) >= 11 is 0. The summed E-state index contributed by atoms with van der Waals surface area (Å²) < 4.78 is 0. The molecule has 0 spiro atoms. The zero-order valence-corrected chi connectivity index (χ0v) is 19.2. The fraction of sp³-hybridized carbons (Fsp3) is 0.481. The third-order valence-electron chi connectivity index (χ3n) is 7.09. The van der Waals surface area contributed by atoms with E-state index in [-0.39, 0.29) is 12.1 Å². The molecule has 2 fully saturated rings. The van der Waals surface area contributed by atoms with Gasteiger partial charge in [0.15, 0.2) is 0 Å². The number of piperidine rings is 1. The molecule has 2 N–H and O–H groups in total. The monoisotopic (exact) mass is 446 g/mol. The van der Waals surface area contributed by atoms with Crippen LogP contribution >= 0.6 is 0 Å². The largest absolute Gasteiger partial charge is 0.465 e. The van der Waals surface area contributed by atoms with Crippen LogP contribution < -0.4 is 10.2 Å². The Morgan fingerprint density at radius 2 is 1.82 bits per heavy atom. The molecule has 1 aliphatic heterocycles. The first kappa shape index (κ1) is 23.1. The van der Waals surface area contributed by atoms with Gasteiger partial charge in [-0.05, 0) is 61.9 Å². The van der Waals surface area contributed by atoms with Crippen LogP contribution in [0.15, 0.2) is 54.6 Å². The Morgan fingerprint density at radius 3 is 2.55 bits per heavy atom. The molecule has 0 unspecified atom stereocenters. The van der Waals surface area contributed by atoms with Crippen molar-refractivity contribution in [3.8, 4) is 6.07 Å². The van der Waals surface area contributed by atoms with E-state index in [0.717, 1.165) is 63.7 Å². The third-order valence-corrected chi connectivity index (χ3v) is 7.09. The summed E-state index contributed by atoms with van der Waals surface area (Å²) in [6.07, 6.45) is 6.31. The van der Waals surface area contributed by atoms with Crippen LogP contribution in [0.4, 0.5) is 10.5 Å². The maximum absolute atomic E-state index is 12.2. The van der Waals surface area contributed by atoms with Gasteiger partial charge in [-0.25, -0.2) is 4.79 Å². The predicted molar refractivity (Wildman–Crippen MR) is 130 cm³/mol. The first-order valence-corrected chi connectivity index (χ1v) is 12.2. The summed E-state index contributed by atoms with van der Waals surface area (Å²) in [6.45, 7) is 2.45. The summed E-state index contributed by atoms with van der Waals surface area (Å²) in [5.74, 6) is 0. The number of benzene rings is 2. The van der Waals surface area contributed by atoms with Crippen molar-refractivity contribution >= 4 is 11.8 Å². The van der Waals surface area contributed by atoms with Gasteiger partial charge in [-0.15, -0.1) is 0 Å². The third kappa shape index (κ3) is 6.06. The Balaban J connectivity index is 1.40. The normalized spacial score (nSPS) is 23.0. The van der Waals surface area contributed by atoms with Gasteiger partial charge in [-0.2, -0.15) is 5.26 Å². The quantitative estimate of drug-likeness (QED) is 0.647. The molecule has 1 aliphatic carbocycles. The molecule has 3 atom stereocenters. The van der Waals surface area contributed by atoms with Crippen LogP contribution in [0.5, 0.6) is 0 Å². The number of carbonyl (C=O) groups is 1. The molecule has 2 aromatic rings. The van der Waals surface area contributed by atoms with Gasteiger partial charge in [-0.3, -0.25) is 0 Å². The average molecular weight is 447 g/mol. The highest BCUT2D eigenvalue weighted by atomic mass is 16.4. The molecule has 0 aromatic heterocycles. The fourth-order valence-corrected chi connectivity index (χ4v) is 5.37. The SMILES string of the molecule is N#Cc1ccc(N2CCC[C@H](N[C@@H]3CCCC[C@H]3N(CCc3ccccc3)C(=O)O)C2)cc1. The molecule has 2 aromatic carbocycles. The lowest BCUT2D eigenvalue weighted by Gasteiger charge is -2.43. The van der Waals surface area contributed by atoms with Crippen LogP contribution in [0.1, 0.15) is 49.7 Å². The van der Waals surface area contributed by atoms with Crippen LogP contribution in [-0.2, 0) is 6.42 Å². The van der Waals surface area contributed by atoms with E-state index < -0.39 is 6.09 Å². The van der Waals surface area contributed by atoms with Crippen molar-refractivity contribution in [3.63, 3.8) is 0 Å². The molecular formula is C27H34N4O2. The zero-order chi connectivity index (χ0) is 23.0. The Morgan fingerprint density at radius 1 is 1.06 bits per heavy atom. The van der Waals surface area contributed by atoms with Crippen molar-refractivity contribution in [2.24, 2.45) is 0 Å². The number of nitriles is 1. The van der Waals surface area contributed by atoms with E-state index in [0.29, 0.717) is 18.2 Å². The van der Waals surface area contributed by atoms with Gasteiger partial charge < -0.3 is 20.2 Å². The van der Waals surface area contributed by atoms with E-state index in [1.807, 2.05) is 42.5 Å². The lowest BCUT2D eigenvalue weighted by Crippen LogP contribution is -2.58. The maximum Gasteiger partial charge on any atom is 0.407 e. The van der Waals surface area contributed by atoms with Crippen molar-refractivity contribution in [3.05, 3.63) is 65.7 Å². The van der Waals surface area contributed by atoms with Crippen molar-refractivity contribution in [2.45, 2.75) is 63.1 Å². The van der Waals surface area contributed by atoms with Crippen LogP contribution in [0.3, 0.4) is 0 Å². The van der Waals surface area contributed by atoms with Gasteiger partial charge in [0.25, 0.3) is 0 Å². The minimum absolute atomic E-state index is 0.0188. The molecule has 0 radical (unpaired) electrons. The van der Waals surface area contributed by atoms with E-state index in [2.05, 4.69) is 28.4 Å². The highest BCUT2D eigenvalue weighted by Crippen LogP contribution is 2.27. The molecule has 1 saturated carbocycles. The molecule has 1 amide bonds. The van der Waals surface area contributed by atoms with E-state index in [4.69, 9.17) is 5.26 Å². The minimum Gasteiger partial charge on any atom is -0.465 e. The van der Waals surface area contributed by atoms with Gasteiger partial charge in [0.1, 0.15) is 0 Å². The summed E-state index contributed by atoms with van der Waals surface area (Å²) in [4.78, 5) is 16.3. The van der Waals surface area contributed by atoms with Gasteiger partial charge >= 0.3 is 6.09 Å². The van der Waals surface area contributed by atoms with E-state index in [1.165, 1.54) is 5.56 Å². The van der Waals surface area contributed by atoms with Crippen LogP contribution in [0.2, 0.25) is 0 Å². The van der Waals surface area contributed by atoms with Crippen molar-refractivity contribution in [1.82, 2.24) is 10.2 Å². The average Bonchev–Trinajstić information content (AvgIpc) is 2.86. The molecule has 4 rings (SSSR count). The Kier molecular flexibility index (Phi) is 7.85. The molecule has 6 nitrogen and oxygen atoms in total. The predicted octanol–water partition coefficient (Wildman–Crippen LogP) is 4.65. The summed E-state index contributed by atoms with van der Waals surface area (Å²) in [5.41, 5.74) is 3.00. The first-order valence-electron chi connectivity index (χ1n) is 12.2. The number of hydrogen-bond donors (Lipinski definition) is 2. The van der Waals surface area contributed by atoms with Gasteiger partial charge in [0, 0.05) is 37.4 Å². The molecular weight excluding hydrogens is 412 g/mol. The van der Waals surface area contributed by atoms with Crippen molar-refractivity contribution in [1.29, 1.82) is 5.26 Å². The van der Waals surface area contributed by atoms with Crippen molar-refractivity contribution in [2.75, 3.05) is 24.5 Å². The number of amides is 1. The van der Waals surface area contributed by atoms with E-state index >= 15 is 0 Å². The lowest BCUT2D eigenvalue weighted by atomic mass is 9.87. The lowest BCUT2D eigenvalue weighted by molar-refractivity contribution is 0.0924. The second-order valence-corrected chi connectivity index (χ2v) is 9.28. The summed E-state index contributed by atoms with van der Waals surface area (Å²) in [7, 11) is 0. The molecule has 2 aliphatic rings. The second kappa shape index (κ2) is 11.2. The Bertz CT molecular complexity index is 941. The standard InChI is InChI=1S/C27H34N4O2/c28-19-22-12-14-24(15-13-22)30-17-6-9-23(20-30)29-25-10-4-5-11-26(25)31(27(32)33)18-16-21-7-2-1-3-8-21/h1-3,7-8,12-15,23,25-26,29H,4-6,9-11,16-18,20H2,(H,32,33)/t23-,25+,26+/m0/s1. The summed E-state index contributed by atoms with van der Waals surface area (Å²) in [5, 5.41) is 22.9. The van der Waals surface area contributed by atoms with Gasteiger partial charge in [0.2, 0.25) is 0 Å². The smallest absolute Gasteiger partial charge is 0.407 e. The molecule has 0 bridgehead atoms. The maximum atomic E-state index is 12.2. The highest BCUT2D eigenvalue weighted by Gasteiger charge is 2.34. The first-order chi connectivity index (χ1) is 16.1. The molecule has 6 heteroatoms. The number of rotatable bonds is 7. The number of hydrogen-bond acceptors (Lipinski definition) is 4. The van der Waals surface area contributed by atoms with Gasteiger partial charge in [-0.1, -0.05) is 43.2 Å². The van der Waals surface area contributed by atoms with Crippen LogP contribution in [0.25, 0.3) is 0 Å². The molecule has 33 heavy (non-hydrogen) atoms. The molecule has 174 valence electrons. The highest BCUT2D eigenvalue weighted by molar-refractivity contribution is 5.65. The molecule has 1 heterocycles. The van der Waals surface area contributed by atoms with Crippen LogP contribution in [0, 0.1) is 11.3 Å².